The van der Waals surface area contributed by atoms with E-state index in [-0.39, 0.29) is 5.91 Å². The van der Waals surface area contributed by atoms with Crippen LogP contribution in [0.2, 0.25) is 0 Å². The summed E-state index contributed by atoms with van der Waals surface area (Å²) in [6.07, 6.45) is 5.87. The van der Waals surface area contributed by atoms with Crippen molar-refractivity contribution in [2.75, 3.05) is 12.3 Å². The number of benzene rings is 1. The number of nitrogens with two attached hydrogens (primary N) is 1. The Morgan fingerprint density at radius 2 is 1.85 bits per heavy atom. The van der Waals surface area contributed by atoms with E-state index >= 15 is 0 Å². The molecule has 20 heavy (non-hydrogen) atoms. The van der Waals surface area contributed by atoms with Gasteiger partial charge >= 0.3 is 0 Å². The number of anilines is 1. The van der Waals surface area contributed by atoms with Gasteiger partial charge in [-0.1, -0.05) is 26.7 Å². The molecule has 3 nitrogen and oxygen atoms in total. The molecule has 1 amide bonds. The van der Waals surface area contributed by atoms with E-state index in [9.17, 15) is 4.79 Å². The minimum atomic E-state index is 0.164. The normalized spacial score (nSPS) is 15.8. The van der Waals surface area contributed by atoms with Crippen LogP contribution in [0, 0.1) is 5.92 Å². The van der Waals surface area contributed by atoms with Crippen LogP contribution in [0.3, 0.4) is 0 Å². The average molecular weight is 274 g/mol. The van der Waals surface area contributed by atoms with Crippen LogP contribution in [0.5, 0.6) is 0 Å². The lowest BCUT2D eigenvalue weighted by Crippen LogP contribution is -2.40. The van der Waals surface area contributed by atoms with Gasteiger partial charge in [-0.25, -0.2) is 0 Å². The second-order valence-electron chi connectivity index (χ2n) is 6.24. The van der Waals surface area contributed by atoms with Crippen LogP contribution in [-0.2, 0) is 0 Å². The van der Waals surface area contributed by atoms with Crippen LogP contribution < -0.4 is 5.73 Å². The Morgan fingerprint density at radius 3 is 2.40 bits per heavy atom. The monoisotopic (exact) mass is 274 g/mol. The topological polar surface area (TPSA) is 46.3 Å². The van der Waals surface area contributed by atoms with Crippen molar-refractivity contribution in [3.8, 4) is 0 Å². The standard InChI is InChI=1S/C17H26N2O/c1-13(2)11-12-19(16-5-3-4-6-16)17(20)14-7-9-15(18)10-8-14/h7-10,13,16H,3-6,11-12,18H2,1-2H3. The van der Waals surface area contributed by atoms with Crippen LogP contribution in [0.15, 0.2) is 24.3 Å². The molecule has 0 bridgehead atoms. The maximum atomic E-state index is 12.7. The molecule has 0 aromatic heterocycles. The summed E-state index contributed by atoms with van der Waals surface area (Å²) < 4.78 is 0. The third-order valence-corrected chi connectivity index (χ3v) is 4.13. The SMILES string of the molecule is CC(C)CCN(C(=O)c1ccc(N)cc1)C1CCCC1. The first-order valence-corrected chi connectivity index (χ1v) is 7.74. The van der Waals surface area contributed by atoms with Gasteiger partial charge in [-0.15, -0.1) is 0 Å². The molecule has 0 spiro atoms. The Balaban J connectivity index is 2.11. The van der Waals surface area contributed by atoms with E-state index in [1.807, 2.05) is 24.3 Å². The second kappa shape index (κ2) is 6.78. The highest BCUT2D eigenvalue weighted by atomic mass is 16.2. The summed E-state index contributed by atoms with van der Waals surface area (Å²) in [5.41, 5.74) is 7.16. The smallest absolute Gasteiger partial charge is 0.254 e. The molecular weight excluding hydrogens is 248 g/mol. The van der Waals surface area contributed by atoms with Crippen LogP contribution >= 0.6 is 0 Å². The zero-order valence-corrected chi connectivity index (χ0v) is 12.6. The predicted octanol–water partition coefficient (Wildman–Crippen LogP) is 3.70. The summed E-state index contributed by atoms with van der Waals surface area (Å²) in [5, 5.41) is 0. The van der Waals surface area contributed by atoms with Gasteiger partial charge in [0.1, 0.15) is 0 Å². The Labute approximate surface area is 122 Å². The summed E-state index contributed by atoms with van der Waals surface area (Å²) in [5.74, 6) is 0.788. The van der Waals surface area contributed by atoms with Crippen molar-refractivity contribution in [3.63, 3.8) is 0 Å². The van der Waals surface area contributed by atoms with Crippen molar-refractivity contribution in [2.24, 2.45) is 5.92 Å². The zero-order valence-electron chi connectivity index (χ0n) is 12.6. The Morgan fingerprint density at radius 1 is 1.25 bits per heavy atom. The minimum absolute atomic E-state index is 0.164. The van der Waals surface area contributed by atoms with Gasteiger partial charge in [0.05, 0.1) is 0 Å². The largest absolute Gasteiger partial charge is 0.399 e. The van der Waals surface area contributed by atoms with E-state index < -0.39 is 0 Å². The minimum Gasteiger partial charge on any atom is -0.399 e. The van der Waals surface area contributed by atoms with E-state index in [0.717, 1.165) is 31.4 Å². The number of nitrogen functional groups attached to an aromatic ring is 1. The maximum Gasteiger partial charge on any atom is 0.254 e. The highest BCUT2D eigenvalue weighted by Crippen LogP contribution is 2.25. The second-order valence-corrected chi connectivity index (χ2v) is 6.24. The van der Waals surface area contributed by atoms with Gasteiger partial charge < -0.3 is 10.6 Å². The Hall–Kier alpha value is -1.51. The molecule has 0 heterocycles. The molecule has 0 unspecified atom stereocenters. The number of nitrogens with zero attached hydrogens (tertiary/aromatic N) is 1. The van der Waals surface area contributed by atoms with Crippen LogP contribution in [0.4, 0.5) is 5.69 Å². The molecule has 1 aliphatic carbocycles. The molecule has 1 fully saturated rings. The number of rotatable bonds is 5. The van der Waals surface area contributed by atoms with Gasteiger partial charge in [0.25, 0.3) is 5.91 Å². The van der Waals surface area contributed by atoms with Crippen molar-refractivity contribution >= 4 is 11.6 Å². The Bertz CT molecular complexity index is 433. The molecule has 1 saturated carbocycles. The number of hydrogen-bond donors (Lipinski definition) is 1. The molecule has 3 heteroatoms. The van der Waals surface area contributed by atoms with E-state index in [2.05, 4.69) is 18.7 Å². The highest BCUT2D eigenvalue weighted by molar-refractivity contribution is 5.94. The van der Waals surface area contributed by atoms with Crippen molar-refractivity contribution in [2.45, 2.75) is 52.0 Å². The molecular formula is C17H26N2O. The summed E-state index contributed by atoms with van der Waals surface area (Å²) in [7, 11) is 0. The number of hydrogen-bond acceptors (Lipinski definition) is 2. The van der Waals surface area contributed by atoms with Gasteiger partial charge in [-0.2, -0.15) is 0 Å². The molecule has 0 saturated heterocycles. The quantitative estimate of drug-likeness (QED) is 0.832. The maximum absolute atomic E-state index is 12.7. The van der Waals surface area contributed by atoms with Gasteiger partial charge in [-0.3, -0.25) is 4.79 Å². The molecule has 0 aliphatic heterocycles. The lowest BCUT2D eigenvalue weighted by atomic mass is 10.1. The van der Waals surface area contributed by atoms with Gasteiger partial charge in [-0.05, 0) is 49.4 Å². The Kier molecular flexibility index (Phi) is 5.05. The van der Waals surface area contributed by atoms with Crippen molar-refractivity contribution in [1.82, 2.24) is 4.90 Å². The van der Waals surface area contributed by atoms with Crippen molar-refractivity contribution in [3.05, 3.63) is 29.8 Å². The molecule has 1 aromatic carbocycles. The number of carbonyl (C=O) groups is 1. The van der Waals surface area contributed by atoms with E-state index in [4.69, 9.17) is 5.73 Å². The van der Waals surface area contributed by atoms with Gasteiger partial charge in [0, 0.05) is 23.8 Å². The summed E-state index contributed by atoms with van der Waals surface area (Å²) >= 11 is 0. The predicted molar refractivity (Wildman–Crippen MR) is 83.6 cm³/mol. The fourth-order valence-electron chi connectivity index (χ4n) is 2.85. The molecule has 110 valence electrons. The first-order valence-electron chi connectivity index (χ1n) is 7.74. The summed E-state index contributed by atoms with van der Waals surface area (Å²) in [6, 6.07) is 7.73. The molecule has 0 atom stereocenters. The molecule has 2 rings (SSSR count). The van der Waals surface area contributed by atoms with E-state index in [0.29, 0.717) is 17.6 Å². The van der Waals surface area contributed by atoms with Crippen LogP contribution in [0.25, 0.3) is 0 Å². The van der Waals surface area contributed by atoms with E-state index in [1.54, 1.807) is 0 Å². The average Bonchev–Trinajstić information content (AvgIpc) is 2.93. The highest BCUT2D eigenvalue weighted by Gasteiger charge is 2.27. The molecule has 1 aromatic rings. The molecule has 0 radical (unpaired) electrons. The lowest BCUT2D eigenvalue weighted by molar-refractivity contribution is 0.0672. The third-order valence-electron chi connectivity index (χ3n) is 4.13. The van der Waals surface area contributed by atoms with Gasteiger partial charge in [0.2, 0.25) is 0 Å². The fraction of sp³-hybridized carbons (Fsp3) is 0.588. The van der Waals surface area contributed by atoms with Crippen LogP contribution in [-0.4, -0.2) is 23.4 Å². The third kappa shape index (κ3) is 3.75. The van der Waals surface area contributed by atoms with Crippen molar-refractivity contribution in [1.29, 1.82) is 0 Å². The van der Waals surface area contributed by atoms with Gasteiger partial charge in [0.15, 0.2) is 0 Å². The zero-order chi connectivity index (χ0) is 14.5. The van der Waals surface area contributed by atoms with Crippen LogP contribution in [0.1, 0.15) is 56.3 Å². The number of amides is 1. The van der Waals surface area contributed by atoms with E-state index in [1.165, 1.54) is 12.8 Å². The lowest BCUT2D eigenvalue weighted by Gasteiger charge is -2.30. The van der Waals surface area contributed by atoms with Crippen molar-refractivity contribution < 1.29 is 4.79 Å². The molecule has 1 aliphatic rings. The molecule has 2 N–H and O–H groups in total. The first-order chi connectivity index (χ1) is 9.58. The summed E-state index contributed by atoms with van der Waals surface area (Å²) in [6.45, 7) is 5.28. The number of carbonyl (C=O) groups excluding carboxylic acids is 1. The first kappa shape index (κ1) is 14.9. The fourth-order valence-corrected chi connectivity index (χ4v) is 2.85. The summed E-state index contributed by atoms with van der Waals surface area (Å²) in [4.78, 5) is 14.8.